The van der Waals surface area contributed by atoms with Gasteiger partial charge in [0.15, 0.2) is 0 Å². The lowest BCUT2D eigenvalue weighted by Crippen LogP contribution is -2.24. The molecule has 1 saturated carbocycles. The van der Waals surface area contributed by atoms with E-state index in [2.05, 4.69) is 5.32 Å². The van der Waals surface area contributed by atoms with Crippen molar-refractivity contribution in [1.29, 1.82) is 0 Å². The van der Waals surface area contributed by atoms with Crippen LogP contribution in [0, 0.1) is 10.1 Å². The minimum absolute atomic E-state index is 0.0287. The summed E-state index contributed by atoms with van der Waals surface area (Å²) in [5.41, 5.74) is 0.582. The molecule has 148 valence electrons. The number of rotatable bonds is 7. The first-order valence-corrected chi connectivity index (χ1v) is 9.43. The van der Waals surface area contributed by atoms with E-state index in [1.54, 1.807) is 0 Å². The Kier molecular flexibility index (Phi) is 6.47. The third-order valence-corrected chi connectivity index (χ3v) is 4.85. The number of carbonyl (C=O) groups is 1. The summed E-state index contributed by atoms with van der Waals surface area (Å²) in [6.45, 7) is 0.245. The van der Waals surface area contributed by atoms with Crippen molar-refractivity contribution in [3.63, 3.8) is 0 Å². The maximum atomic E-state index is 12.5. The van der Waals surface area contributed by atoms with Crippen LogP contribution in [0.1, 0.15) is 48.0 Å². The van der Waals surface area contributed by atoms with Gasteiger partial charge in [-0.1, -0.05) is 18.6 Å². The van der Waals surface area contributed by atoms with E-state index in [0.717, 1.165) is 24.2 Å². The van der Waals surface area contributed by atoms with Crippen LogP contribution in [0.4, 0.5) is 5.69 Å². The Labute approximate surface area is 163 Å². The highest BCUT2D eigenvalue weighted by molar-refractivity contribution is 5.98. The molecule has 0 heterocycles. The number of nitrogens with one attached hydrogen (secondary N) is 1. The minimum atomic E-state index is -0.576. The van der Waals surface area contributed by atoms with E-state index in [-0.39, 0.29) is 23.9 Å². The Hall–Kier alpha value is -3.09. The van der Waals surface area contributed by atoms with E-state index < -0.39 is 10.8 Å². The molecule has 1 amide bonds. The average Bonchev–Trinajstić information content (AvgIpc) is 2.72. The molecule has 0 radical (unpaired) electrons. The quantitative estimate of drug-likeness (QED) is 0.569. The van der Waals surface area contributed by atoms with Crippen molar-refractivity contribution in [3.05, 3.63) is 63.7 Å². The van der Waals surface area contributed by atoms with E-state index in [0.29, 0.717) is 5.75 Å². The summed E-state index contributed by atoms with van der Waals surface area (Å²) in [5, 5.41) is 13.9. The van der Waals surface area contributed by atoms with Gasteiger partial charge in [-0.2, -0.15) is 0 Å². The van der Waals surface area contributed by atoms with E-state index in [9.17, 15) is 14.9 Å². The summed E-state index contributed by atoms with van der Waals surface area (Å²) < 4.78 is 11.1. The predicted molar refractivity (Wildman–Crippen MR) is 105 cm³/mol. The summed E-state index contributed by atoms with van der Waals surface area (Å²) in [6.07, 6.45) is 6.04. The molecule has 1 aliphatic carbocycles. The fourth-order valence-electron chi connectivity index (χ4n) is 3.36. The third-order valence-electron chi connectivity index (χ3n) is 4.85. The Balaban J connectivity index is 1.66. The number of nitro groups is 1. The first-order chi connectivity index (χ1) is 13.6. The average molecular weight is 384 g/mol. The van der Waals surface area contributed by atoms with Crippen LogP contribution in [0.5, 0.6) is 11.5 Å². The van der Waals surface area contributed by atoms with Gasteiger partial charge >= 0.3 is 0 Å². The molecule has 0 atom stereocenters. The number of benzene rings is 2. The minimum Gasteiger partial charge on any atom is -0.497 e. The predicted octanol–water partition coefficient (Wildman–Crippen LogP) is 4.24. The second-order valence-corrected chi connectivity index (χ2v) is 6.85. The Bertz CT molecular complexity index is 846. The van der Waals surface area contributed by atoms with Gasteiger partial charge in [-0.3, -0.25) is 14.9 Å². The maximum Gasteiger partial charge on any atom is 0.282 e. The second kappa shape index (κ2) is 9.21. The number of nitrogens with zero attached hydrogens (tertiary/aromatic N) is 1. The number of methoxy groups -OCH3 is 1. The highest BCUT2D eigenvalue weighted by Gasteiger charge is 2.21. The molecule has 7 nitrogen and oxygen atoms in total. The number of nitro benzene ring substituents is 1. The van der Waals surface area contributed by atoms with Gasteiger partial charge < -0.3 is 14.8 Å². The van der Waals surface area contributed by atoms with Gasteiger partial charge in [0.1, 0.15) is 17.1 Å². The van der Waals surface area contributed by atoms with Crippen LogP contribution < -0.4 is 14.8 Å². The van der Waals surface area contributed by atoms with Crippen molar-refractivity contribution in [2.75, 3.05) is 7.11 Å². The highest BCUT2D eigenvalue weighted by atomic mass is 16.6. The van der Waals surface area contributed by atoms with Crippen molar-refractivity contribution in [2.45, 2.75) is 44.8 Å². The molecular formula is C21H24N2O5. The summed E-state index contributed by atoms with van der Waals surface area (Å²) in [4.78, 5) is 23.1. The molecule has 7 heteroatoms. The smallest absolute Gasteiger partial charge is 0.282 e. The van der Waals surface area contributed by atoms with Crippen molar-refractivity contribution < 1.29 is 19.2 Å². The molecule has 0 bridgehead atoms. The zero-order chi connectivity index (χ0) is 19.9. The molecule has 2 aromatic carbocycles. The monoisotopic (exact) mass is 384 g/mol. The lowest BCUT2D eigenvalue weighted by molar-refractivity contribution is -0.385. The molecule has 0 spiro atoms. The van der Waals surface area contributed by atoms with E-state index in [1.165, 1.54) is 44.6 Å². The van der Waals surface area contributed by atoms with Crippen LogP contribution in [0.25, 0.3) is 0 Å². The van der Waals surface area contributed by atoms with Gasteiger partial charge in [0.05, 0.1) is 18.1 Å². The lowest BCUT2D eigenvalue weighted by atomic mass is 9.98. The molecule has 2 aromatic rings. The summed E-state index contributed by atoms with van der Waals surface area (Å²) in [5.74, 6) is 0.647. The van der Waals surface area contributed by atoms with Crippen molar-refractivity contribution in [2.24, 2.45) is 0 Å². The molecule has 0 aliphatic heterocycles. The van der Waals surface area contributed by atoms with Crippen LogP contribution in [0.2, 0.25) is 0 Å². The Morgan fingerprint density at radius 1 is 1.14 bits per heavy atom. The SMILES string of the molecule is COc1ccc([N+](=O)[O-])c(C(=O)NCc2cccc(OC3CCCCC3)c2)c1. The zero-order valence-corrected chi connectivity index (χ0v) is 15.8. The first-order valence-electron chi connectivity index (χ1n) is 9.43. The molecule has 1 N–H and O–H groups in total. The van der Waals surface area contributed by atoms with Gasteiger partial charge in [0, 0.05) is 12.6 Å². The van der Waals surface area contributed by atoms with Gasteiger partial charge in [-0.15, -0.1) is 0 Å². The second-order valence-electron chi connectivity index (χ2n) is 6.85. The summed E-state index contributed by atoms with van der Waals surface area (Å²) in [6, 6.07) is 11.7. The standard InChI is InChI=1S/C21H24N2O5/c1-27-17-10-11-20(23(25)26)19(13-17)21(24)22-14-15-6-5-9-18(12-15)28-16-7-3-2-4-8-16/h5-6,9-13,16H,2-4,7-8,14H2,1H3,(H,22,24). The summed E-state index contributed by atoms with van der Waals surface area (Å²) >= 11 is 0. The Morgan fingerprint density at radius 2 is 1.93 bits per heavy atom. The molecule has 0 aromatic heterocycles. The molecule has 1 aliphatic rings. The number of hydrogen-bond donors (Lipinski definition) is 1. The van der Waals surface area contributed by atoms with Crippen molar-refractivity contribution >= 4 is 11.6 Å². The fourth-order valence-corrected chi connectivity index (χ4v) is 3.36. The molecule has 0 unspecified atom stereocenters. The molecule has 3 rings (SSSR count). The van der Waals surface area contributed by atoms with Gasteiger partial charge in [0.25, 0.3) is 11.6 Å². The number of carbonyl (C=O) groups excluding carboxylic acids is 1. The van der Waals surface area contributed by atoms with Gasteiger partial charge in [-0.25, -0.2) is 0 Å². The number of ether oxygens (including phenoxy) is 2. The molecule has 1 fully saturated rings. The van der Waals surface area contributed by atoms with Crippen LogP contribution >= 0.6 is 0 Å². The van der Waals surface area contributed by atoms with Gasteiger partial charge in [-0.05, 0) is 55.5 Å². The normalized spacial score (nSPS) is 14.3. The summed E-state index contributed by atoms with van der Waals surface area (Å²) in [7, 11) is 1.45. The van der Waals surface area contributed by atoms with Gasteiger partial charge in [0.2, 0.25) is 0 Å². The van der Waals surface area contributed by atoms with Crippen molar-refractivity contribution in [1.82, 2.24) is 5.32 Å². The fraction of sp³-hybridized carbons (Fsp3) is 0.381. The highest BCUT2D eigenvalue weighted by Crippen LogP contribution is 2.25. The van der Waals surface area contributed by atoms with Crippen LogP contribution in [-0.4, -0.2) is 24.0 Å². The maximum absolute atomic E-state index is 12.5. The van der Waals surface area contributed by atoms with Crippen LogP contribution in [0.15, 0.2) is 42.5 Å². The topological polar surface area (TPSA) is 90.7 Å². The third kappa shape index (κ3) is 5.00. The van der Waals surface area contributed by atoms with Crippen molar-refractivity contribution in [3.8, 4) is 11.5 Å². The Morgan fingerprint density at radius 3 is 2.64 bits per heavy atom. The number of hydrogen-bond acceptors (Lipinski definition) is 5. The van der Waals surface area contributed by atoms with E-state index in [1.807, 2.05) is 24.3 Å². The molecule has 0 saturated heterocycles. The largest absolute Gasteiger partial charge is 0.497 e. The van der Waals surface area contributed by atoms with E-state index >= 15 is 0 Å². The lowest BCUT2D eigenvalue weighted by Gasteiger charge is -2.23. The zero-order valence-electron chi connectivity index (χ0n) is 15.8. The van der Waals surface area contributed by atoms with E-state index in [4.69, 9.17) is 9.47 Å². The van der Waals surface area contributed by atoms with Crippen LogP contribution in [0.3, 0.4) is 0 Å². The first kappa shape index (κ1) is 19.7. The molecular weight excluding hydrogens is 360 g/mol. The number of amides is 1. The van der Waals surface area contributed by atoms with Crippen LogP contribution in [-0.2, 0) is 6.54 Å². The molecule has 28 heavy (non-hydrogen) atoms.